The summed E-state index contributed by atoms with van der Waals surface area (Å²) in [4.78, 5) is 2.30. The maximum absolute atomic E-state index is 8.89. The Kier molecular flexibility index (Phi) is 3.91. The topological polar surface area (TPSA) is 47.3 Å². The van der Waals surface area contributed by atoms with E-state index in [1.807, 2.05) is 13.8 Å². The van der Waals surface area contributed by atoms with E-state index in [1.54, 1.807) is 0 Å². The lowest BCUT2D eigenvalue weighted by molar-refractivity contribution is 0.176. The second-order valence-corrected chi connectivity index (χ2v) is 4.74. The highest BCUT2D eigenvalue weighted by Gasteiger charge is 2.29. The maximum Gasteiger partial charge on any atom is 0.0684 e. The lowest BCUT2D eigenvalue weighted by Gasteiger charge is -2.24. The molecule has 1 aliphatic rings. The maximum atomic E-state index is 8.89. The predicted octanol–water partition coefficient (Wildman–Crippen LogP) is 1.38. The zero-order valence-corrected chi connectivity index (χ0v) is 9.16. The van der Waals surface area contributed by atoms with Gasteiger partial charge in [0.2, 0.25) is 0 Å². The molecule has 3 nitrogen and oxygen atoms in total. The summed E-state index contributed by atoms with van der Waals surface area (Å²) in [6.45, 7) is 5.86. The molecule has 1 saturated carbocycles. The molecule has 0 saturated heterocycles. The monoisotopic (exact) mass is 196 g/mol. The summed E-state index contributed by atoms with van der Waals surface area (Å²) in [5.74, 6) is 0. The van der Waals surface area contributed by atoms with Crippen molar-refractivity contribution >= 4 is 0 Å². The van der Waals surface area contributed by atoms with Gasteiger partial charge in [-0.2, -0.15) is 5.26 Å². The molecule has 14 heavy (non-hydrogen) atoms. The molecule has 1 rings (SSSR count). The quantitative estimate of drug-likeness (QED) is 0.698. The van der Waals surface area contributed by atoms with Gasteiger partial charge in [-0.05, 0) is 33.1 Å². The third-order valence-corrected chi connectivity index (χ3v) is 2.78. The summed E-state index contributed by atoms with van der Waals surface area (Å²) in [5.41, 5.74) is -0.234. The second-order valence-electron chi connectivity index (χ2n) is 4.74. The van der Waals surface area contributed by atoms with Crippen LogP contribution in [-0.2, 0) is 0 Å². The number of aliphatic hydroxyl groups excluding tert-OH is 1. The molecule has 0 spiro atoms. The highest BCUT2D eigenvalue weighted by molar-refractivity contribution is 4.93. The van der Waals surface area contributed by atoms with Crippen molar-refractivity contribution < 1.29 is 5.11 Å². The van der Waals surface area contributed by atoms with Crippen molar-refractivity contribution in [3.8, 4) is 6.07 Å². The van der Waals surface area contributed by atoms with Gasteiger partial charge < -0.3 is 5.11 Å². The van der Waals surface area contributed by atoms with Gasteiger partial charge in [-0.25, -0.2) is 0 Å². The molecule has 0 amide bonds. The Morgan fingerprint density at radius 2 is 2.07 bits per heavy atom. The molecule has 0 atom stereocenters. The molecule has 0 aromatic heterocycles. The highest BCUT2D eigenvalue weighted by Crippen LogP contribution is 2.28. The van der Waals surface area contributed by atoms with Crippen LogP contribution >= 0.6 is 0 Å². The van der Waals surface area contributed by atoms with Gasteiger partial charge in [0.1, 0.15) is 0 Å². The lowest BCUT2D eigenvalue weighted by Crippen LogP contribution is -2.32. The van der Waals surface area contributed by atoms with Crippen molar-refractivity contribution in [1.29, 1.82) is 5.26 Å². The van der Waals surface area contributed by atoms with E-state index in [0.717, 1.165) is 19.5 Å². The molecule has 3 heteroatoms. The molecule has 0 unspecified atom stereocenters. The number of hydrogen-bond donors (Lipinski definition) is 1. The molecule has 80 valence electrons. The van der Waals surface area contributed by atoms with Crippen molar-refractivity contribution in [2.24, 2.45) is 5.41 Å². The largest absolute Gasteiger partial charge is 0.395 e. The van der Waals surface area contributed by atoms with E-state index in [4.69, 9.17) is 10.4 Å². The van der Waals surface area contributed by atoms with Gasteiger partial charge in [0.15, 0.2) is 0 Å². The zero-order chi connectivity index (χ0) is 10.6. The van der Waals surface area contributed by atoms with E-state index in [1.165, 1.54) is 12.8 Å². The van der Waals surface area contributed by atoms with Gasteiger partial charge in [0.05, 0.1) is 18.1 Å². The van der Waals surface area contributed by atoms with E-state index >= 15 is 0 Å². The van der Waals surface area contributed by atoms with Crippen LogP contribution in [0.25, 0.3) is 0 Å². The zero-order valence-electron chi connectivity index (χ0n) is 9.16. The molecule has 1 fully saturated rings. The second kappa shape index (κ2) is 4.77. The minimum atomic E-state index is -0.234. The van der Waals surface area contributed by atoms with Crippen molar-refractivity contribution in [1.82, 2.24) is 4.90 Å². The van der Waals surface area contributed by atoms with E-state index < -0.39 is 0 Å². The molecule has 0 aromatic carbocycles. The first-order chi connectivity index (χ1) is 6.59. The van der Waals surface area contributed by atoms with Crippen LogP contribution in [0.4, 0.5) is 0 Å². The Morgan fingerprint density at radius 1 is 1.43 bits per heavy atom. The van der Waals surface area contributed by atoms with Crippen LogP contribution in [0, 0.1) is 16.7 Å². The predicted molar refractivity (Wildman–Crippen MR) is 55.7 cm³/mol. The molecule has 0 radical (unpaired) electrons. The Hall–Kier alpha value is -0.590. The Bertz CT molecular complexity index is 216. The molecule has 1 N–H and O–H groups in total. The molecular weight excluding hydrogens is 176 g/mol. The molecule has 0 heterocycles. The average molecular weight is 196 g/mol. The van der Waals surface area contributed by atoms with Crippen molar-refractivity contribution in [3.63, 3.8) is 0 Å². The Morgan fingerprint density at radius 3 is 2.50 bits per heavy atom. The van der Waals surface area contributed by atoms with Gasteiger partial charge in [-0.1, -0.05) is 0 Å². The summed E-state index contributed by atoms with van der Waals surface area (Å²) in [6, 6.07) is 2.99. The van der Waals surface area contributed by atoms with E-state index in [-0.39, 0.29) is 12.0 Å². The molecule has 0 aromatic rings. The van der Waals surface area contributed by atoms with Gasteiger partial charge in [0, 0.05) is 19.1 Å². The first-order valence-corrected chi connectivity index (χ1v) is 5.35. The Balaban J connectivity index is 2.30. The molecule has 0 bridgehead atoms. The number of rotatable bonds is 6. The van der Waals surface area contributed by atoms with Crippen LogP contribution in [0.15, 0.2) is 0 Å². The molecule has 0 aliphatic heterocycles. The number of nitrogens with zero attached hydrogens (tertiary/aromatic N) is 2. The van der Waals surface area contributed by atoms with Crippen LogP contribution in [0.2, 0.25) is 0 Å². The van der Waals surface area contributed by atoms with Crippen LogP contribution in [0.3, 0.4) is 0 Å². The SMILES string of the molecule is CC(C)(C#N)CCN(CCO)C1CC1. The third kappa shape index (κ3) is 3.65. The van der Waals surface area contributed by atoms with Gasteiger partial charge in [-0.15, -0.1) is 0 Å². The smallest absolute Gasteiger partial charge is 0.0684 e. The normalized spacial score (nSPS) is 17.1. The lowest BCUT2D eigenvalue weighted by atomic mass is 9.91. The summed E-state index contributed by atoms with van der Waals surface area (Å²) in [5, 5.41) is 17.8. The highest BCUT2D eigenvalue weighted by atomic mass is 16.3. The van der Waals surface area contributed by atoms with Gasteiger partial charge >= 0.3 is 0 Å². The van der Waals surface area contributed by atoms with Crippen LogP contribution in [0.5, 0.6) is 0 Å². The van der Waals surface area contributed by atoms with Crippen LogP contribution < -0.4 is 0 Å². The fraction of sp³-hybridized carbons (Fsp3) is 0.909. The number of aliphatic hydroxyl groups is 1. The fourth-order valence-electron chi connectivity index (χ4n) is 1.52. The minimum Gasteiger partial charge on any atom is -0.395 e. The van der Waals surface area contributed by atoms with Crippen LogP contribution in [-0.4, -0.2) is 35.7 Å². The Labute approximate surface area is 86.3 Å². The van der Waals surface area contributed by atoms with E-state index in [0.29, 0.717) is 6.04 Å². The number of hydrogen-bond acceptors (Lipinski definition) is 3. The first kappa shape index (κ1) is 11.5. The van der Waals surface area contributed by atoms with Crippen LogP contribution in [0.1, 0.15) is 33.1 Å². The van der Waals surface area contributed by atoms with Crippen molar-refractivity contribution in [2.75, 3.05) is 19.7 Å². The molecule has 1 aliphatic carbocycles. The van der Waals surface area contributed by atoms with Crippen molar-refractivity contribution in [2.45, 2.75) is 39.2 Å². The standard InChI is InChI=1S/C11H20N2O/c1-11(2,9-12)5-6-13(7-8-14)10-3-4-10/h10,14H,3-8H2,1-2H3. The number of nitriles is 1. The summed E-state index contributed by atoms with van der Waals surface area (Å²) in [6.07, 6.45) is 3.40. The minimum absolute atomic E-state index is 0.226. The van der Waals surface area contributed by atoms with Gasteiger partial charge in [0.25, 0.3) is 0 Å². The van der Waals surface area contributed by atoms with E-state index in [9.17, 15) is 0 Å². The third-order valence-electron chi connectivity index (χ3n) is 2.78. The van der Waals surface area contributed by atoms with Crippen molar-refractivity contribution in [3.05, 3.63) is 0 Å². The summed E-state index contributed by atoms with van der Waals surface area (Å²) >= 11 is 0. The summed E-state index contributed by atoms with van der Waals surface area (Å²) < 4.78 is 0. The van der Waals surface area contributed by atoms with Gasteiger partial charge in [-0.3, -0.25) is 4.90 Å². The van der Waals surface area contributed by atoms with E-state index in [2.05, 4.69) is 11.0 Å². The molecular formula is C11H20N2O. The fourth-order valence-corrected chi connectivity index (χ4v) is 1.52. The average Bonchev–Trinajstić information content (AvgIpc) is 2.95. The first-order valence-electron chi connectivity index (χ1n) is 5.35. The summed E-state index contributed by atoms with van der Waals surface area (Å²) in [7, 11) is 0.